The molecule has 9 atom stereocenters. The number of halogens is 2. The number of phenolic OH excluding ortho intramolecular Hbond substituents is 2. The van der Waals surface area contributed by atoms with Crippen LogP contribution in [0.1, 0.15) is 113 Å². The molecule has 0 aromatic heterocycles. The van der Waals surface area contributed by atoms with Crippen molar-refractivity contribution in [2.75, 3.05) is 19.0 Å². The van der Waals surface area contributed by atoms with Crippen LogP contribution in [0.2, 0.25) is 0 Å². The number of nitrogens with one attached hydrogen (secondary N) is 4. The number of carbonyl (C=O) groups is 7. The van der Waals surface area contributed by atoms with Gasteiger partial charge in [-0.3, -0.25) is 28.8 Å². The number of aliphatic hydroxyl groups is 2. The molecule has 2 aliphatic carbocycles. The number of benzene rings is 4. The Labute approximate surface area is 450 Å². The summed E-state index contributed by atoms with van der Waals surface area (Å²) < 4.78 is 23.1. The minimum absolute atomic E-state index is 0. The van der Waals surface area contributed by atoms with Gasteiger partial charge in [-0.1, -0.05) is 54.6 Å². The molecular weight excluding hydrogens is 1030 g/mol. The molecule has 1 fully saturated rings. The third-order valence-electron chi connectivity index (χ3n) is 13.6. The van der Waals surface area contributed by atoms with Gasteiger partial charge in [0.25, 0.3) is 0 Å². The van der Waals surface area contributed by atoms with Crippen LogP contribution in [0.3, 0.4) is 0 Å². The van der Waals surface area contributed by atoms with Crippen molar-refractivity contribution >= 4 is 71.7 Å². The summed E-state index contributed by atoms with van der Waals surface area (Å²) in [5.41, 5.74) is 9.41. The van der Waals surface area contributed by atoms with Crippen molar-refractivity contribution < 1.29 is 72.9 Å². The highest BCUT2D eigenvalue weighted by atomic mass is 35.5. The molecule has 4 aromatic rings. The normalized spacial score (nSPS) is 21.6. The molecule has 76 heavy (non-hydrogen) atoms. The van der Waals surface area contributed by atoms with E-state index in [9.17, 15) is 54.0 Å². The van der Waals surface area contributed by atoms with Crippen molar-refractivity contribution in [3.05, 3.63) is 117 Å². The number of phenols is 2. The second kappa shape index (κ2) is 25.9. The molecule has 1 aliphatic heterocycles. The molecule has 0 spiro atoms. The molecule has 1 heterocycles. The van der Waals surface area contributed by atoms with E-state index in [0.29, 0.717) is 30.6 Å². The topological polar surface area (TPSA) is 337 Å². The van der Waals surface area contributed by atoms with Gasteiger partial charge in [-0.25, -0.2) is 4.79 Å². The first-order valence-electron chi connectivity index (χ1n) is 24.3. The van der Waals surface area contributed by atoms with Gasteiger partial charge in [-0.2, -0.15) is 0 Å². The molecule has 4 unspecified atom stereocenters. The number of fused-ring (bicyclic) bond motifs is 3. The van der Waals surface area contributed by atoms with E-state index in [2.05, 4.69) is 21.3 Å². The highest BCUT2D eigenvalue weighted by Crippen LogP contribution is 2.52. The van der Waals surface area contributed by atoms with Crippen molar-refractivity contribution in [1.29, 1.82) is 0 Å². The highest BCUT2D eigenvalue weighted by molar-refractivity contribution is 6.31. The summed E-state index contributed by atoms with van der Waals surface area (Å²) >= 11 is 0. The van der Waals surface area contributed by atoms with Gasteiger partial charge >= 0.3 is 6.09 Å². The number of hydrogen-bond acceptors (Lipinski definition) is 17. The molecule has 3 aliphatic rings. The number of methoxy groups -OCH3 is 1. The van der Waals surface area contributed by atoms with Gasteiger partial charge in [-0.05, 0) is 75.9 Å². The number of aromatic hydroxyl groups is 2. The molecule has 4 aromatic carbocycles. The quantitative estimate of drug-likeness (QED) is 0.0418. The number of nitrogens with two attached hydrogens (primary N) is 2. The summed E-state index contributed by atoms with van der Waals surface area (Å²) in [6, 6.07) is 15.8. The number of ether oxygens (including phenoxy) is 4. The average molecular weight is 1100 g/mol. The second-order valence-electron chi connectivity index (χ2n) is 18.9. The summed E-state index contributed by atoms with van der Waals surface area (Å²) in [6.07, 6.45) is -5.59. The van der Waals surface area contributed by atoms with E-state index in [1.165, 1.54) is 39.2 Å². The van der Waals surface area contributed by atoms with Gasteiger partial charge in [0, 0.05) is 48.1 Å². The standard InChI is InChI=1S/C53H62N6O15.2ClH/c1-26(55)49(66)58-36(21-29-11-6-5-7-12-29)51(68)57-34(14-8-9-20-54)50(67)56-31-18-16-30(17-19-31)25-72-52(69)59-35-22-39(73-27(2)44(35)61)74-38-24-53(70,28(3)60)23-33-41(38)48(65)43-42(46(33)63)45(62)32-13-10-15-37(71-4)40(32)47(43)64;;/h5-7,10-13,15-19,26-27,34-36,38-39,44,61,63,65,70H,8-9,14,20-25,54-55H2,1-4H3,(H,56,67)(H,57,68)(H,58,66)(H,59,69);2*1H/t26-,27?,34+,35?,36+,38+,39?,44?,53+;;/m1../s1. The third kappa shape index (κ3) is 13.3. The maximum Gasteiger partial charge on any atom is 0.407 e. The number of rotatable bonds is 19. The Morgan fingerprint density at radius 2 is 1.51 bits per heavy atom. The van der Waals surface area contributed by atoms with Gasteiger partial charge in [0.05, 0.1) is 48.1 Å². The zero-order chi connectivity index (χ0) is 53.6. The lowest BCUT2D eigenvalue weighted by atomic mass is 9.72. The van der Waals surface area contributed by atoms with Crippen molar-refractivity contribution in [2.24, 2.45) is 11.5 Å². The second-order valence-corrected chi connectivity index (χ2v) is 18.9. The molecular formula is C53H64Cl2N6O15. The van der Waals surface area contributed by atoms with Crippen molar-refractivity contribution in [3.63, 3.8) is 0 Å². The van der Waals surface area contributed by atoms with Crippen LogP contribution in [0.15, 0.2) is 72.8 Å². The zero-order valence-corrected chi connectivity index (χ0v) is 43.8. The van der Waals surface area contributed by atoms with Gasteiger partial charge in [-0.15, -0.1) is 24.8 Å². The largest absolute Gasteiger partial charge is 0.507 e. The third-order valence-corrected chi connectivity index (χ3v) is 13.6. The zero-order valence-electron chi connectivity index (χ0n) is 42.2. The number of unbranched alkanes of at least 4 members (excludes halogenated alkanes) is 1. The predicted molar refractivity (Wildman–Crippen MR) is 280 cm³/mol. The maximum atomic E-state index is 14.0. The lowest BCUT2D eigenvalue weighted by Gasteiger charge is -2.42. The first kappa shape index (κ1) is 60.2. The van der Waals surface area contributed by atoms with E-state index in [1.807, 2.05) is 30.3 Å². The van der Waals surface area contributed by atoms with E-state index in [0.717, 1.165) is 12.5 Å². The van der Waals surface area contributed by atoms with Crippen LogP contribution in [0, 0.1) is 0 Å². The van der Waals surface area contributed by atoms with Crippen LogP contribution in [0.4, 0.5) is 10.5 Å². The average Bonchev–Trinajstić information content (AvgIpc) is 3.38. The number of carbonyl (C=O) groups excluding carboxylic acids is 7. The Hall–Kier alpha value is -6.69. The van der Waals surface area contributed by atoms with Crippen LogP contribution in [0.5, 0.6) is 17.2 Å². The number of amides is 4. The Kier molecular flexibility index (Phi) is 20.5. The van der Waals surface area contributed by atoms with Gasteiger partial charge < -0.3 is 72.1 Å². The number of ketones is 3. The first-order valence-corrected chi connectivity index (χ1v) is 24.3. The fourth-order valence-corrected chi connectivity index (χ4v) is 9.42. The smallest absolute Gasteiger partial charge is 0.407 e. The molecule has 410 valence electrons. The predicted octanol–water partition coefficient (Wildman–Crippen LogP) is 3.47. The SMILES string of the molecule is COc1cccc2c1C(=O)c1c(O)c3c(c(O)c1C2=O)C[C@@](O)(C(C)=O)C[C@@H]3OC1CC(NC(=O)OCc2ccc(NC(=O)[C@H](CCCCN)NC(=O)[C@H](Cc3ccccc3)NC(=O)[C@@H](C)N)cc2)C(O)C(C)O1.Cl.Cl. The molecule has 0 saturated carbocycles. The summed E-state index contributed by atoms with van der Waals surface area (Å²) in [7, 11) is 1.31. The van der Waals surface area contributed by atoms with Gasteiger partial charge in [0.15, 0.2) is 17.9 Å². The fraction of sp³-hybridized carbons (Fsp3) is 0.415. The van der Waals surface area contributed by atoms with Crippen molar-refractivity contribution in [3.8, 4) is 17.2 Å². The molecule has 0 radical (unpaired) electrons. The summed E-state index contributed by atoms with van der Waals surface area (Å²) in [6.45, 7) is 4.28. The molecule has 4 amide bonds. The minimum atomic E-state index is -2.16. The number of aliphatic hydroxyl groups excluding tert-OH is 1. The van der Waals surface area contributed by atoms with Gasteiger partial charge in [0.1, 0.15) is 47.6 Å². The van der Waals surface area contributed by atoms with E-state index >= 15 is 0 Å². The first-order chi connectivity index (χ1) is 35.2. The number of Topliss-reactive ketones (excluding diaryl/α,β-unsaturated/α-hetero) is 1. The van der Waals surface area contributed by atoms with Crippen LogP contribution in [-0.2, 0) is 52.8 Å². The van der Waals surface area contributed by atoms with E-state index in [1.54, 1.807) is 24.3 Å². The maximum absolute atomic E-state index is 14.0. The molecule has 7 rings (SSSR count). The van der Waals surface area contributed by atoms with Crippen LogP contribution in [-0.4, -0.2) is 124 Å². The molecule has 1 saturated heterocycles. The highest BCUT2D eigenvalue weighted by Gasteiger charge is 2.50. The van der Waals surface area contributed by atoms with Crippen molar-refractivity contribution in [2.45, 2.75) is 127 Å². The number of hydrogen-bond donors (Lipinski definition) is 10. The Morgan fingerprint density at radius 1 is 0.842 bits per heavy atom. The lowest BCUT2D eigenvalue weighted by molar-refractivity contribution is -0.249. The Bertz CT molecular complexity index is 2800. The number of alkyl carbamates (subject to hydrolysis) is 1. The summed E-state index contributed by atoms with van der Waals surface area (Å²) in [5.74, 6) is -5.31. The van der Waals surface area contributed by atoms with Crippen LogP contribution in [0.25, 0.3) is 0 Å². The lowest BCUT2D eigenvalue weighted by Crippen LogP contribution is -2.55. The molecule has 12 N–H and O–H groups in total. The fourth-order valence-electron chi connectivity index (χ4n) is 9.42. The summed E-state index contributed by atoms with van der Waals surface area (Å²) in [4.78, 5) is 93.9. The number of anilines is 1. The minimum Gasteiger partial charge on any atom is -0.507 e. The molecule has 0 bridgehead atoms. The van der Waals surface area contributed by atoms with Crippen LogP contribution < -0.4 is 37.5 Å². The molecule has 23 heteroatoms. The van der Waals surface area contributed by atoms with E-state index in [-0.39, 0.29) is 78.7 Å². The van der Waals surface area contributed by atoms with Crippen LogP contribution >= 0.6 is 24.8 Å². The Balaban J connectivity index is 0.00000533. The molecule has 21 nitrogen and oxygen atoms in total. The Morgan fingerprint density at radius 3 is 2.16 bits per heavy atom. The van der Waals surface area contributed by atoms with Crippen molar-refractivity contribution in [1.82, 2.24) is 16.0 Å². The summed E-state index contributed by atoms with van der Waals surface area (Å²) in [5, 5.41) is 57.2. The van der Waals surface area contributed by atoms with E-state index < -0.39 is 131 Å². The van der Waals surface area contributed by atoms with E-state index in [4.69, 9.17) is 30.4 Å². The monoisotopic (exact) mass is 1090 g/mol. The van der Waals surface area contributed by atoms with Gasteiger partial charge in [0.2, 0.25) is 23.5 Å².